The largest absolute Gasteiger partial charge is 0.372 e. The summed E-state index contributed by atoms with van der Waals surface area (Å²) < 4.78 is 1.83. The summed E-state index contributed by atoms with van der Waals surface area (Å²) in [5.41, 5.74) is 1.62. The van der Waals surface area contributed by atoms with Crippen LogP contribution in [0, 0.1) is 0 Å². The number of hydrogen-bond acceptors (Lipinski definition) is 4. The molecule has 0 radical (unpaired) electrons. The van der Waals surface area contributed by atoms with Crippen molar-refractivity contribution in [2.45, 2.75) is 26.2 Å². The Morgan fingerprint density at radius 3 is 2.30 bits per heavy atom. The summed E-state index contributed by atoms with van der Waals surface area (Å²) in [6.45, 7) is 6.37. The van der Waals surface area contributed by atoms with E-state index in [0.717, 1.165) is 26.2 Å². The lowest BCUT2D eigenvalue weighted by Gasteiger charge is -2.21. The van der Waals surface area contributed by atoms with E-state index in [9.17, 15) is 0 Å². The SMILES string of the molecule is CNc1nc(-c2ccc(Br)cn2)nc(C(C)(C)C)c1Br. The molecule has 20 heavy (non-hydrogen) atoms. The highest BCUT2D eigenvalue weighted by molar-refractivity contribution is 9.11. The lowest BCUT2D eigenvalue weighted by Crippen LogP contribution is -2.17. The van der Waals surface area contributed by atoms with E-state index in [2.05, 4.69) is 72.9 Å². The highest BCUT2D eigenvalue weighted by Gasteiger charge is 2.23. The first-order valence-electron chi connectivity index (χ1n) is 6.20. The zero-order valence-electron chi connectivity index (χ0n) is 11.8. The molecule has 1 N–H and O–H groups in total. The first-order valence-corrected chi connectivity index (χ1v) is 7.79. The van der Waals surface area contributed by atoms with Crippen LogP contribution in [-0.2, 0) is 5.41 Å². The van der Waals surface area contributed by atoms with Gasteiger partial charge >= 0.3 is 0 Å². The van der Waals surface area contributed by atoms with Gasteiger partial charge in [-0.15, -0.1) is 0 Å². The minimum absolute atomic E-state index is 0.0858. The summed E-state index contributed by atoms with van der Waals surface area (Å²) in [6.07, 6.45) is 1.75. The van der Waals surface area contributed by atoms with Crippen LogP contribution < -0.4 is 5.32 Å². The van der Waals surface area contributed by atoms with Gasteiger partial charge in [0.25, 0.3) is 0 Å². The predicted octanol–water partition coefficient (Wildman–Crippen LogP) is 4.40. The van der Waals surface area contributed by atoms with Gasteiger partial charge in [-0.25, -0.2) is 9.97 Å². The number of nitrogens with one attached hydrogen (secondary N) is 1. The molecule has 0 atom stereocenters. The number of anilines is 1. The summed E-state index contributed by atoms with van der Waals surface area (Å²) in [5.74, 6) is 1.39. The van der Waals surface area contributed by atoms with Gasteiger partial charge in [0.1, 0.15) is 11.5 Å². The van der Waals surface area contributed by atoms with Crippen molar-refractivity contribution >= 4 is 37.7 Å². The van der Waals surface area contributed by atoms with Crippen molar-refractivity contribution < 1.29 is 0 Å². The van der Waals surface area contributed by atoms with Crippen molar-refractivity contribution in [1.29, 1.82) is 0 Å². The number of nitrogens with zero attached hydrogens (tertiary/aromatic N) is 3. The molecule has 0 aliphatic carbocycles. The maximum Gasteiger partial charge on any atom is 0.180 e. The van der Waals surface area contributed by atoms with Crippen molar-refractivity contribution in [3.63, 3.8) is 0 Å². The molecular weight excluding hydrogens is 384 g/mol. The van der Waals surface area contributed by atoms with E-state index < -0.39 is 0 Å². The van der Waals surface area contributed by atoms with E-state index in [0.29, 0.717) is 5.82 Å². The molecule has 0 spiro atoms. The molecule has 0 unspecified atom stereocenters. The molecule has 0 saturated heterocycles. The maximum absolute atomic E-state index is 4.68. The summed E-state index contributed by atoms with van der Waals surface area (Å²) in [7, 11) is 1.85. The van der Waals surface area contributed by atoms with Gasteiger partial charge in [0.15, 0.2) is 5.82 Å². The number of hydrogen-bond donors (Lipinski definition) is 1. The Hall–Kier alpha value is -1.01. The molecule has 106 valence electrons. The van der Waals surface area contributed by atoms with E-state index in [-0.39, 0.29) is 5.41 Å². The summed E-state index contributed by atoms with van der Waals surface area (Å²) >= 11 is 6.96. The minimum Gasteiger partial charge on any atom is -0.372 e. The highest BCUT2D eigenvalue weighted by atomic mass is 79.9. The fourth-order valence-electron chi connectivity index (χ4n) is 1.73. The van der Waals surface area contributed by atoms with Crippen LogP contribution in [0.1, 0.15) is 26.5 Å². The van der Waals surface area contributed by atoms with E-state index in [1.165, 1.54) is 0 Å². The van der Waals surface area contributed by atoms with Crippen LogP contribution in [0.25, 0.3) is 11.5 Å². The Morgan fingerprint density at radius 1 is 1.10 bits per heavy atom. The molecule has 0 saturated carbocycles. The van der Waals surface area contributed by atoms with Crippen LogP contribution in [0.15, 0.2) is 27.3 Å². The molecule has 0 aromatic carbocycles. The Bertz CT molecular complexity index is 618. The standard InChI is InChI=1S/C14H16Br2N4/c1-14(2,3)11-10(16)13(17-4)20-12(19-11)9-6-5-8(15)7-18-9/h5-7H,1-4H3,(H,17,19,20). The predicted molar refractivity (Wildman–Crippen MR) is 88.9 cm³/mol. The molecule has 4 nitrogen and oxygen atoms in total. The Labute approximate surface area is 135 Å². The average Bonchev–Trinajstić information content (AvgIpc) is 2.38. The first kappa shape index (κ1) is 15.4. The third kappa shape index (κ3) is 3.17. The highest BCUT2D eigenvalue weighted by Crippen LogP contribution is 2.33. The van der Waals surface area contributed by atoms with Crippen molar-refractivity contribution in [3.05, 3.63) is 33.0 Å². The molecule has 2 aromatic heterocycles. The minimum atomic E-state index is -0.0858. The monoisotopic (exact) mass is 398 g/mol. The van der Waals surface area contributed by atoms with Gasteiger partial charge in [0.05, 0.1) is 10.2 Å². The number of aromatic nitrogens is 3. The quantitative estimate of drug-likeness (QED) is 0.812. The normalized spacial score (nSPS) is 11.5. The molecule has 0 fully saturated rings. The summed E-state index contributed by atoms with van der Waals surface area (Å²) in [6, 6.07) is 3.84. The van der Waals surface area contributed by atoms with Crippen LogP contribution in [0.2, 0.25) is 0 Å². The van der Waals surface area contributed by atoms with Gasteiger partial charge in [0.2, 0.25) is 0 Å². The van der Waals surface area contributed by atoms with Gasteiger partial charge in [0, 0.05) is 23.1 Å². The van der Waals surface area contributed by atoms with Gasteiger partial charge in [-0.2, -0.15) is 0 Å². The molecule has 2 heterocycles. The zero-order chi connectivity index (χ0) is 14.9. The second-order valence-corrected chi connectivity index (χ2v) is 7.13. The smallest absolute Gasteiger partial charge is 0.180 e. The lowest BCUT2D eigenvalue weighted by atomic mass is 9.92. The van der Waals surface area contributed by atoms with Crippen molar-refractivity contribution in [2.75, 3.05) is 12.4 Å². The average molecular weight is 400 g/mol. The first-order chi connectivity index (χ1) is 9.32. The topological polar surface area (TPSA) is 50.7 Å². The lowest BCUT2D eigenvalue weighted by molar-refractivity contribution is 0.564. The second-order valence-electron chi connectivity index (χ2n) is 5.42. The molecular formula is C14H16Br2N4. The Balaban J connectivity index is 2.63. The van der Waals surface area contributed by atoms with E-state index in [1.54, 1.807) is 6.20 Å². The van der Waals surface area contributed by atoms with Gasteiger partial charge in [-0.05, 0) is 44.0 Å². The van der Waals surface area contributed by atoms with Crippen LogP contribution in [0.5, 0.6) is 0 Å². The van der Waals surface area contributed by atoms with E-state index in [1.807, 2.05) is 19.2 Å². The maximum atomic E-state index is 4.68. The van der Waals surface area contributed by atoms with Crippen LogP contribution in [0.4, 0.5) is 5.82 Å². The summed E-state index contributed by atoms with van der Waals surface area (Å²) in [5, 5.41) is 3.09. The molecule has 0 aliphatic rings. The molecule has 0 bridgehead atoms. The zero-order valence-corrected chi connectivity index (χ0v) is 15.0. The van der Waals surface area contributed by atoms with Crippen LogP contribution in [-0.4, -0.2) is 22.0 Å². The number of rotatable bonds is 2. The van der Waals surface area contributed by atoms with Gasteiger partial charge in [-0.1, -0.05) is 20.8 Å². The van der Waals surface area contributed by atoms with Crippen LogP contribution in [0.3, 0.4) is 0 Å². The molecule has 0 aliphatic heterocycles. The summed E-state index contributed by atoms with van der Waals surface area (Å²) in [4.78, 5) is 13.6. The Kier molecular flexibility index (Phi) is 4.44. The fourth-order valence-corrected chi connectivity index (χ4v) is 2.94. The third-order valence-corrected chi connectivity index (χ3v) is 3.98. The number of halogens is 2. The molecule has 0 amide bonds. The fraction of sp³-hybridized carbons (Fsp3) is 0.357. The molecule has 2 aromatic rings. The number of pyridine rings is 1. The van der Waals surface area contributed by atoms with Crippen molar-refractivity contribution in [2.24, 2.45) is 0 Å². The van der Waals surface area contributed by atoms with Crippen LogP contribution >= 0.6 is 31.9 Å². The second kappa shape index (κ2) is 5.77. The third-order valence-electron chi connectivity index (χ3n) is 2.75. The Morgan fingerprint density at radius 2 is 1.80 bits per heavy atom. The molecule has 6 heteroatoms. The molecule has 2 rings (SSSR count). The van der Waals surface area contributed by atoms with E-state index in [4.69, 9.17) is 0 Å². The van der Waals surface area contributed by atoms with Gasteiger partial charge < -0.3 is 5.32 Å². The van der Waals surface area contributed by atoms with Gasteiger partial charge in [-0.3, -0.25) is 4.98 Å². The van der Waals surface area contributed by atoms with Crippen molar-refractivity contribution in [1.82, 2.24) is 15.0 Å². The van der Waals surface area contributed by atoms with E-state index >= 15 is 0 Å². The van der Waals surface area contributed by atoms with Crippen molar-refractivity contribution in [3.8, 4) is 11.5 Å².